The summed E-state index contributed by atoms with van der Waals surface area (Å²) in [5.74, 6) is 2.53. The van der Waals surface area contributed by atoms with Crippen molar-refractivity contribution in [2.75, 3.05) is 31.9 Å². The molecule has 0 radical (unpaired) electrons. The lowest BCUT2D eigenvalue weighted by Gasteiger charge is -2.39. The predicted octanol–water partition coefficient (Wildman–Crippen LogP) is 2.77. The molecule has 8 nitrogen and oxygen atoms in total. The maximum atomic E-state index is 12.7. The van der Waals surface area contributed by atoms with Crippen LogP contribution >= 0.6 is 0 Å². The van der Waals surface area contributed by atoms with Gasteiger partial charge in [0.1, 0.15) is 5.76 Å². The summed E-state index contributed by atoms with van der Waals surface area (Å²) in [6.45, 7) is 6.09. The van der Waals surface area contributed by atoms with E-state index in [0.29, 0.717) is 37.8 Å². The Morgan fingerprint density at radius 3 is 2.72 bits per heavy atom. The molecule has 1 unspecified atom stereocenters. The van der Waals surface area contributed by atoms with Gasteiger partial charge in [-0.05, 0) is 43.9 Å². The van der Waals surface area contributed by atoms with Gasteiger partial charge in [-0.3, -0.25) is 4.79 Å². The smallest absolute Gasteiger partial charge is 0.242 e. The number of carbonyl (C=O) groups is 1. The lowest BCUT2D eigenvalue weighted by molar-refractivity contribution is -0.118. The van der Waals surface area contributed by atoms with E-state index in [9.17, 15) is 4.79 Å². The van der Waals surface area contributed by atoms with Gasteiger partial charge in [-0.15, -0.1) is 0 Å². The molecule has 1 aromatic carbocycles. The van der Waals surface area contributed by atoms with Crippen molar-refractivity contribution in [2.45, 2.75) is 44.6 Å². The minimum absolute atomic E-state index is 0.117. The number of benzene rings is 1. The second-order valence-corrected chi connectivity index (χ2v) is 7.61. The molecule has 8 heteroatoms. The van der Waals surface area contributed by atoms with Crippen LogP contribution in [0.2, 0.25) is 0 Å². The number of hydrogen-bond donors (Lipinski definition) is 2. The fraction of sp³-hybridized carbons (Fsp3) is 0.524. The van der Waals surface area contributed by atoms with Crippen LogP contribution in [0.15, 0.2) is 28.8 Å². The predicted molar refractivity (Wildman–Crippen MR) is 106 cm³/mol. The summed E-state index contributed by atoms with van der Waals surface area (Å²) >= 11 is 0. The van der Waals surface area contributed by atoms with Crippen LogP contribution in [-0.4, -0.2) is 43.7 Å². The molecule has 0 aliphatic carbocycles. The lowest BCUT2D eigenvalue weighted by atomic mass is 9.74. The maximum Gasteiger partial charge on any atom is 0.242 e. The highest BCUT2D eigenvalue weighted by molar-refractivity contribution is 5.93. The molecule has 0 saturated carbocycles. The van der Waals surface area contributed by atoms with Gasteiger partial charge < -0.3 is 29.4 Å². The number of anilines is 1. The molecule has 2 aromatic rings. The molecule has 0 spiro atoms. The first-order valence-corrected chi connectivity index (χ1v) is 10.0. The van der Waals surface area contributed by atoms with E-state index in [-0.39, 0.29) is 24.2 Å². The van der Waals surface area contributed by atoms with Gasteiger partial charge >= 0.3 is 0 Å². The third-order valence-corrected chi connectivity index (χ3v) is 5.73. The van der Waals surface area contributed by atoms with E-state index >= 15 is 0 Å². The van der Waals surface area contributed by atoms with E-state index in [1.807, 2.05) is 13.0 Å². The SMILES string of the molecule is CCC(NCC1(c2ccc3c(c2)OCO3)CCOCC1)C(=O)Nc1cc(C)on1. The number of nitrogens with one attached hydrogen (secondary N) is 2. The molecule has 1 saturated heterocycles. The van der Waals surface area contributed by atoms with Crippen molar-refractivity contribution in [2.24, 2.45) is 0 Å². The van der Waals surface area contributed by atoms with Crippen molar-refractivity contribution in [1.82, 2.24) is 10.5 Å². The molecule has 1 atom stereocenters. The van der Waals surface area contributed by atoms with E-state index in [1.54, 1.807) is 13.0 Å². The standard InChI is InChI=1S/C21H27N3O5/c1-3-16(20(25)23-19-10-14(2)29-24-19)22-12-21(6-8-26-9-7-21)15-4-5-17-18(11-15)28-13-27-17/h4-5,10-11,16,22H,3,6-9,12-13H2,1-2H3,(H,23,24,25). The van der Waals surface area contributed by atoms with Crippen LogP contribution in [-0.2, 0) is 14.9 Å². The third-order valence-electron chi connectivity index (χ3n) is 5.73. The monoisotopic (exact) mass is 401 g/mol. The van der Waals surface area contributed by atoms with Crippen molar-refractivity contribution in [3.8, 4) is 11.5 Å². The second kappa shape index (κ2) is 8.42. The largest absolute Gasteiger partial charge is 0.454 e. The fourth-order valence-electron chi connectivity index (χ4n) is 3.94. The molecule has 29 heavy (non-hydrogen) atoms. The molecular formula is C21H27N3O5. The molecular weight excluding hydrogens is 374 g/mol. The first kappa shape index (κ1) is 19.7. The van der Waals surface area contributed by atoms with Crippen LogP contribution in [0.5, 0.6) is 11.5 Å². The number of carbonyl (C=O) groups excluding carboxylic acids is 1. The zero-order valence-corrected chi connectivity index (χ0v) is 16.8. The van der Waals surface area contributed by atoms with Gasteiger partial charge in [-0.25, -0.2) is 0 Å². The minimum Gasteiger partial charge on any atom is -0.454 e. The Balaban J connectivity index is 1.48. The average Bonchev–Trinajstić information content (AvgIpc) is 3.37. The first-order chi connectivity index (χ1) is 14.1. The van der Waals surface area contributed by atoms with Crippen molar-refractivity contribution in [3.63, 3.8) is 0 Å². The van der Waals surface area contributed by atoms with Crippen molar-refractivity contribution in [1.29, 1.82) is 0 Å². The normalized spacial score (nSPS) is 18.4. The van der Waals surface area contributed by atoms with Gasteiger partial charge in [0, 0.05) is 31.2 Å². The number of aromatic nitrogens is 1. The Morgan fingerprint density at radius 2 is 2.00 bits per heavy atom. The number of fused-ring (bicyclic) bond motifs is 1. The molecule has 2 aliphatic heterocycles. The van der Waals surface area contributed by atoms with Crippen LogP contribution in [0, 0.1) is 6.92 Å². The molecule has 0 bridgehead atoms. The third kappa shape index (κ3) is 4.23. The number of aryl methyl sites for hydroxylation is 1. The Kier molecular flexibility index (Phi) is 5.73. The quantitative estimate of drug-likeness (QED) is 0.737. The van der Waals surface area contributed by atoms with Gasteiger partial charge in [-0.1, -0.05) is 18.1 Å². The summed E-state index contributed by atoms with van der Waals surface area (Å²) in [6, 6.07) is 7.50. The molecule has 1 fully saturated rings. The highest BCUT2D eigenvalue weighted by Crippen LogP contribution is 2.40. The topological polar surface area (TPSA) is 94.8 Å². The molecule has 156 valence electrons. The summed E-state index contributed by atoms with van der Waals surface area (Å²) < 4.78 is 21.7. The number of rotatable bonds is 7. The van der Waals surface area contributed by atoms with Gasteiger partial charge in [0.15, 0.2) is 17.3 Å². The zero-order chi connectivity index (χ0) is 20.3. The van der Waals surface area contributed by atoms with E-state index in [4.69, 9.17) is 18.7 Å². The van der Waals surface area contributed by atoms with Crippen LogP contribution in [0.25, 0.3) is 0 Å². The highest BCUT2D eigenvalue weighted by Gasteiger charge is 2.36. The average molecular weight is 401 g/mol. The molecule has 4 rings (SSSR count). The number of amides is 1. The zero-order valence-electron chi connectivity index (χ0n) is 16.8. The van der Waals surface area contributed by atoms with Gasteiger partial charge in [0.25, 0.3) is 0 Å². The van der Waals surface area contributed by atoms with E-state index in [1.165, 1.54) is 5.56 Å². The Morgan fingerprint density at radius 1 is 1.21 bits per heavy atom. The molecule has 2 aliphatic rings. The molecule has 3 heterocycles. The molecule has 1 aromatic heterocycles. The summed E-state index contributed by atoms with van der Waals surface area (Å²) in [5.41, 5.74) is 1.05. The summed E-state index contributed by atoms with van der Waals surface area (Å²) in [5, 5.41) is 10.1. The highest BCUT2D eigenvalue weighted by atomic mass is 16.7. The van der Waals surface area contributed by atoms with E-state index < -0.39 is 0 Å². The van der Waals surface area contributed by atoms with E-state index in [0.717, 1.165) is 24.3 Å². The van der Waals surface area contributed by atoms with Crippen molar-refractivity contribution >= 4 is 11.7 Å². The molecule has 2 N–H and O–H groups in total. The van der Waals surface area contributed by atoms with Crippen LogP contribution in [0.4, 0.5) is 5.82 Å². The number of nitrogens with zero attached hydrogens (tertiary/aromatic N) is 1. The minimum atomic E-state index is -0.333. The summed E-state index contributed by atoms with van der Waals surface area (Å²) in [4.78, 5) is 12.7. The van der Waals surface area contributed by atoms with Crippen LogP contribution in [0.1, 0.15) is 37.5 Å². The number of hydrogen-bond acceptors (Lipinski definition) is 7. The Labute approximate surface area is 169 Å². The second-order valence-electron chi connectivity index (χ2n) is 7.61. The van der Waals surface area contributed by atoms with Gasteiger partial charge in [0.2, 0.25) is 12.7 Å². The van der Waals surface area contributed by atoms with Crippen molar-refractivity contribution < 1.29 is 23.5 Å². The Hall–Kier alpha value is -2.58. The Bertz CT molecular complexity index is 860. The van der Waals surface area contributed by atoms with Gasteiger partial charge in [0.05, 0.1) is 6.04 Å². The van der Waals surface area contributed by atoms with E-state index in [2.05, 4.69) is 27.9 Å². The lowest BCUT2D eigenvalue weighted by Crippen LogP contribution is -2.49. The summed E-state index contributed by atoms with van der Waals surface area (Å²) in [7, 11) is 0. The first-order valence-electron chi connectivity index (χ1n) is 10.0. The molecule has 1 amide bonds. The number of ether oxygens (including phenoxy) is 3. The van der Waals surface area contributed by atoms with Gasteiger partial charge in [-0.2, -0.15) is 0 Å². The maximum absolute atomic E-state index is 12.7. The fourth-order valence-corrected chi connectivity index (χ4v) is 3.94. The van der Waals surface area contributed by atoms with Crippen LogP contribution in [0.3, 0.4) is 0 Å². The van der Waals surface area contributed by atoms with Crippen molar-refractivity contribution in [3.05, 3.63) is 35.6 Å². The van der Waals surface area contributed by atoms with Crippen LogP contribution < -0.4 is 20.1 Å². The summed E-state index contributed by atoms with van der Waals surface area (Å²) in [6.07, 6.45) is 2.41.